The van der Waals surface area contributed by atoms with E-state index in [-0.39, 0.29) is 17.2 Å². The molecule has 2 aromatic rings. The van der Waals surface area contributed by atoms with Gasteiger partial charge in [-0.2, -0.15) is 0 Å². The lowest BCUT2D eigenvalue weighted by Crippen LogP contribution is -2.29. The average Bonchev–Trinajstić information content (AvgIpc) is 2.91. The van der Waals surface area contributed by atoms with Crippen molar-refractivity contribution in [2.75, 3.05) is 23.4 Å². The van der Waals surface area contributed by atoms with Crippen LogP contribution in [-0.4, -0.2) is 25.4 Å². The third kappa shape index (κ3) is 1.84. The van der Waals surface area contributed by atoms with Crippen LogP contribution in [0.2, 0.25) is 0 Å². The standard InChI is InChI=1S/C19H18N2O2/c1-19(2)11-20(3)16-9-8-12(10-15(16)19)21-17(22)13-6-4-5-7-14(13)18(21)23/h4-10H,11H2,1-3H3. The molecule has 0 unspecified atom stereocenters. The summed E-state index contributed by atoms with van der Waals surface area (Å²) in [5.74, 6) is -0.482. The van der Waals surface area contributed by atoms with Gasteiger partial charge >= 0.3 is 0 Å². The molecule has 0 saturated heterocycles. The molecular weight excluding hydrogens is 288 g/mol. The lowest BCUT2D eigenvalue weighted by Gasteiger charge is -2.20. The normalized spacial score (nSPS) is 18.4. The number of amides is 2. The third-order valence-corrected chi connectivity index (χ3v) is 4.81. The Morgan fingerprint density at radius 3 is 2.17 bits per heavy atom. The molecule has 0 spiro atoms. The van der Waals surface area contributed by atoms with Crippen molar-refractivity contribution in [1.82, 2.24) is 0 Å². The highest BCUT2D eigenvalue weighted by Gasteiger charge is 2.39. The number of fused-ring (bicyclic) bond motifs is 2. The zero-order chi connectivity index (χ0) is 16.4. The van der Waals surface area contributed by atoms with Gasteiger partial charge in [0, 0.05) is 24.7 Å². The average molecular weight is 306 g/mol. The van der Waals surface area contributed by atoms with E-state index < -0.39 is 0 Å². The smallest absolute Gasteiger partial charge is 0.266 e. The van der Waals surface area contributed by atoms with Crippen molar-refractivity contribution in [2.24, 2.45) is 0 Å². The Labute approximate surface area is 135 Å². The van der Waals surface area contributed by atoms with Crippen LogP contribution >= 0.6 is 0 Å². The first kappa shape index (κ1) is 14.0. The lowest BCUT2D eigenvalue weighted by molar-refractivity contribution is 0.0926. The summed E-state index contributed by atoms with van der Waals surface area (Å²) >= 11 is 0. The molecule has 23 heavy (non-hydrogen) atoms. The van der Waals surface area contributed by atoms with Gasteiger partial charge in [-0.05, 0) is 35.9 Å². The number of carbonyl (C=O) groups excluding carboxylic acids is 2. The number of rotatable bonds is 1. The molecule has 0 saturated carbocycles. The van der Waals surface area contributed by atoms with Gasteiger partial charge in [0.2, 0.25) is 0 Å². The molecule has 2 heterocycles. The first-order valence-electron chi connectivity index (χ1n) is 7.74. The minimum Gasteiger partial charge on any atom is -0.373 e. The SMILES string of the molecule is CN1CC(C)(C)c2cc(N3C(=O)c4ccccc4C3=O)ccc21. The Hall–Kier alpha value is -2.62. The highest BCUT2D eigenvalue weighted by atomic mass is 16.2. The van der Waals surface area contributed by atoms with Crippen molar-refractivity contribution in [1.29, 1.82) is 0 Å². The van der Waals surface area contributed by atoms with E-state index in [1.165, 1.54) is 10.5 Å². The van der Waals surface area contributed by atoms with Crippen LogP contribution < -0.4 is 9.80 Å². The molecule has 2 aliphatic rings. The second-order valence-corrected chi connectivity index (χ2v) is 6.93. The predicted molar refractivity (Wildman–Crippen MR) is 90.3 cm³/mol. The van der Waals surface area contributed by atoms with Crippen molar-refractivity contribution in [3.8, 4) is 0 Å². The Morgan fingerprint density at radius 2 is 1.57 bits per heavy atom. The Bertz CT molecular complexity index is 819. The van der Waals surface area contributed by atoms with Crippen molar-refractivity contribution in [3.05, 3.63) is 59.2 Å². The summed E-state index contributed by atoms with van der Waals surface area (Å²) < 4.78 is 0. The van der Waals surface area contributed by atoms with Crippen LogP contribution in [0.1, 0.15) is 40.1 Å². The Morgan fingerprint density at radius 1 is 0.957 bits per heavy atom. The summed E-state index contributed by atoms with van der Waals surface area (Å²) in [4.78, 5) is 28.8. The molecule has 0 fully saturated rings. The van der Waals surface area contributed by atoms with Gasteiger partial charge in [-0.3, -0.25) is 9.59 Å². The van der Waals surface area contributed by atoms with Crippen LogP contribution in [0.3, 0.4) is 0 Å². The van der Waals surface area contributed by atoms with Crippen molar-refractivity contribution in [3.63, 3.8) is 0 Å². The maximum Gasteiger partial charge on any atom is 0.266 e. The molecule has 0 aromatic heterocycles. The van der Waals surface area contributed by atoms with Gasteiger partial charge in [-0.15, -0.1) is 0 Å². The molecule has 0 aliphatic carbocycles. The fourth-order valence-electron chi connectivity index (χ4n) is 3.73. The van der Waals surface area contributed by atoms with Gasteiger partial charge < -0.3 is 4.90 Å². The van der Waals surface area contributed by atoms with Crippen molar-refractivity contribution < 1.29 is 9.59 Å². The quantitative estimate of drug-likeness (QED) is 0.760. The van der Waals surface area contributed by atoms with E-state index in [0.29, 0.717) is 16.8 Å². The van der Waals surface area contributed by atoms with Gasteiger partial charge in [0.25, 0.3) is 11.8 Å². The number of nitrogens with zero attached hydrogens (tertiary/aromatic N) is 2. The zero-order valence-corrected chi connectivity index (χ0v) is 13.5. The second-order valence-electron chi connectivity index (χ2n) is 6.93. The van der Waals surface area contributed by atoms with Crippen LogP contribution in [0.4, 0.5) is 11.4 Å². The minimum atomic E-state index is -0.241. The van der Waals surface area contributed by atoms with Gasteiger partial charge in [0.1, 0.15) is 0 Å². The first-order valence-corrected chi connectivity index (χ1v) is 7.74. The largest absolute Gasteiger partial charge is 0.373 e. The summed E-state index contributed by atoms with van der Waals surface area (Å²) in [5, 5.41) is 0. The van der Waals surface area contributed by atoms with Gasteiger partial charge in [-0.25, -0.2) is 4.90 Å². The monoisotopic (exact) mass is 306 g/mol. The second kappa shape index (κ2) is 4.44. The van der Waals surface area contributed by atoms with Gasteiger partial charge in [0.15, 0.2) is 0 Å². The van der Waals surface area contributed by atoms with Crippen LogP contribution in [0.5, 0.6) is 0 Å². The van der Waals surface area contributed by atoms with Crippen molar-refractivity contribution >= 4 is 23.2 Å². The van der Waals surface area contributed by atoms with E-state index in [1.54, 1.807) is 24.3 Å². The summed E-state index contributed by atoms with van der Waals surface area (Å²) in [7, 11) is 2.06. The number of carbonyl (C=O) groups is 2. The van der Waals surface area contributed by atoms with Gasteiger partial charge in [-0.1, -0.05) is 26.0 Å². The molecule has 0 radical (unpaired) electrons. The predicted octanol–water partition coefficient (Wildman–Crippen LogP) is 3.21. The number of imide groups is 1. The Kier molecular flexibility index (Phi) is 2.71. The first-order chi connectivity index (χ1) is 10.9. The van der Waals surface area contributed by atoms with Crippen LogP contribution in [0.25, 0.3) is 0 Å². The maximum atomic E-state index is 12.6. The fraction of sp³-hybridized carbons (Fsp3) is 0.263. The molecule has 0 N–H and O–H groups in total. The number of benzene rings is 2. The highest BCUT2D eigenvalue weighted by molar-refractivity contribution is 6.34. The summed E-state index contributed by atoms with van der Waals surface area (Å²) in [5.41, 5.74) is 3.95. The summed E-state index contributed by atoms with van der Waals surface area (Å²) in [6.07, 6.45) is 0. The molecule has 4 nitrogen and oxygen atoms in total. The van der Waals surface area contributed by atoms with Crippen LogP contribution in [-0.2, 0) is 5.41 Å². The number of hydrogen-bond acceptors (Lipinski definition) is 3. The molecule has 0 atom stereocenters. The molecular formula is C19H18N2O2. The Balaban J connectivity index is 1.82. The van der Waals surface area contributed by atoms with E-state index in [0.717, 1.165) is 12.2 Å². The third-order valence-electron chi connectivity index (χ3n) is 4.81. The highest BCUT2D eigenvalue weighted by Crippen LogP contribution is 2.42. The van der Waals surface area contributed by atoms with Crippen LogP contribution in [0, 0.1) is 0 Å². The van der Waals surface area contributed by atoms with E-state index in [1.807, 2.05) is 18.2 Å². The lowest BCUT2D eigenvalue weighted by atomic mass is 9.86. The van der Waals surface area contributed by atoms with Crippen LogP contribution in [0.15, 0.2) is 42.5 Å². The molecule has 2 amide bonds. The zero-order valence-electron chi connectivity index (χ0n) is 13.5. The number of anilines is 2. The molecule has 4 rings (SSSR count). The minimum absolute atomic E-state index is 0.00123. The molecule has 2 aromatic carbocycles. The summed E-state index contributed by atoms with van der Waals surface area (Å²) in [6, 6.07) is 12.8. The topological polar surface area (TPSA) is 40.6 Å². The number of likely N-dealkylation sites (N-methyl/N-ethyl adjacent to an activating group) is 1. The molecule has 4 heteroatoms. The fourth-order valence-corrected chi connectivity index (χ4v) is 3.73. The van der Waals surface area contributed by atoms with E-state index in [9.17, 15) is 9.59 Å². The van der Waals surface area contributed by atoms with E-state index in [2.05, 4.69) is 25.8 Å². The molecule has 2 aliphatic heterocycles. The maximum absolute atomic E-state index is 12.6. The molecule has 116 valence electrons. The van der Waals surface area contributed by atoms with E-state index in [4.69, 9.17) is 0 Å². The summed E-state index contributed by atoms with van der Waals surface area (Å²) in [6.45, 7) is 5.29. The molecule has 0 bridgehead atoms. The van der Waals surface area contributed by atoms with Crippen molar-refractivity contribution in [2.45, 2.75) is 19.3 Å². The van der Waals surface area contributed by atoms with Gasteiger partial charge in [0.05, 0.1) is 16.8 Å². The number of hydrogen-bond donors (Lipinski definition) is 0. The van der Waals surface area contributed by atoms with E-state index >= 15 is 0 Å².